The molecule has 0 aliphatic carbocycles. The van der Waals surface area contributed by atoms with Crippen LogP contribution >= 0.6 is 0 Å². The highest BCUT2D eigenvalue weighted by Crippen LogP contribution is 2.25. The number of carbonyl (C=O) groups is 1. The van der Waals surface area contributed by atoms with E-state index in [0.29, 0.717) is 19.6 Å². The van der Waals surface area contributed by atoms with Crippen LogP contribution in [-0.2, 0) is 0 Å². The Balaban J connectivity index is 1.26. The van der Waals surface area contributed by atoms with E-state index in [1.54, 1.807) is 0 Å². The summed E-state index contributed by atoms with van der Waals surface area (Å²) in [6.45, 7) is 3.64. The van der Waals surface area contributed by atoms with Gasteiger partial charge in [0.2, 0.25) is 0 Å². The van der Waals surface area contributed by atoms with E-state index >= 15 is 0 Å². The standard InChI is InChI=1S/C24H26N2O3/c27-21(18-29-23-12-6-10-19-7-4-5-11-22(19)23)17-25-13-15-26(16-14-25)24(28)20-8-2-1-3-9-20/h1-12,21,27H,13-18H2/t21-/m0/s1. The highest BCUT2D eigenvalue weighted by molar-refractivity contribution is 5.94. The second-order valence-electron chi connectivity index (χ2n) is 7.40. The first-order chi connectivity index (χ1) is 14.2. The lowest BCUT2D eigenvalue weighted by Crippen LogP contribution is -2.50. The number of amides is 1. The molecule has 1 N–H and O–H groups in total. The van der Waals surface area contributed by atoms with Crippen molar-refractivity contribution in [2.24, 2.45) is 0 Å². The van der Waals surface area contributed by atoms with Gasteiger partial charge in [-0.05, 0) is 23.6 Å². The SMILES string of the molecule is O=C(c1ccccc1)N1CCN(C[C@H](O)COc2cccc3ccccc23)CC1. The Morgan fingerprint density at radius 1 is 0.897 bits per heavy atom. The zero-order valence-corrected chi connectivity index (χ0v) is 16.4. The van der Waals surface area contributed by atoms with Crippen LogP contribution in [0.3, 0.4) is 0 Å². The van der Waals surface area contributed by atoms with Crippen molar-refractivity contribution in [1.82, 2.24) is 9.80 Å². The number of nitrogens with zero attached hydrogens (tertiary/aromatic N) is 2. The van der Waals surface area contributed by atoms with Gasteiger partial charge >= 0.3 is 0 Å². The number of aliphatic hydroxyl groups excluding tert-OH is 1. The number of aliphatic hydroxyl groups is 1. The topological polar surface area (TPSA) is 53.0 Å². The molecule has 0 unspecified atom stereocenters. The Hall–Kier alpha value is -2.89. The molecule has 1 aliphatic heterocycles. The first-order valence-corrected chi connectivity index (χ1v) is 10.1. The van der Waals surface area contributed by atoms with Crippen molar-refractivity contribution in [3.05, 3.63) is 78.4 Å². The predicted octanol–water partition coefficient (Wildman–Crippen LogP) is 3.04. The summed E-state index contributed by atoms with van der Waals surface area (Å²) < 4.78 is 5.90. The van der Waals surface area contributed by atoms with E-state index in [-0.39, 0.29) is 12.5 Å². The summed E-state index contributed by atoms with van der Waals surface area (Å²) in [5, 5.41) is 12.6. The Morgan fingerprint density at radius 2 is 1.59 bits per heavy atom. The fraction of sp³-hybridized carbons (Fsp3) is 0.292. The lowest BCUT2D eigenvalue weighted by molar-refractivity contribution is 0.0406. The Morgan fingerprint density at radius 3 is 2.38 bits per heavy atom. The van der Waals surface area contributed by atoms with E-state index in [1.165, 1.54) is 0 Å². The lowest BCUT2D eigenvalue weighted by Gasteiger charge is -2.35. The number of ether oxygens (including phenoxy) is 1. The Labute approximate surface area is 171 Å². The van der Waals surface area contributed by atoms with Crippen LogP contribution in [0, 0.1) is 0 Å². The smallest absolute Gasteiger partial charge is 0.253 e. The zero-order chi connectivity index (χ0) is 20.1. The van der Waals surface area contributed by atoms with Crippen molar-refractivity contribution in [3.63, 3.8) is 0 Å². The predicted molar refractivity (Wildman–Crippen MR) is 114 cm³/mol. The van der Waals surface area contributed by atoms with Crippen molar-refractivity contribution < 1.29 is 14.6 Å². The molecule has 0 saturated carbocycles. The van der Waals surface area contributed by atoms with Crippen LogP contribution in [0.15, 0.2) is 72.8 Å². The van der Waals surface area contributed by atoms with E-state index in [9.17, 15) is 9.90 Å². The number of benzene rings is 3. The summed E-state index contributed by atoms with van der Waals surface area (Å²) in [5.41, 5.74) is 0.726. The van der Waals surface area contributed by atoms with Crippen molar-refractivity contribution in [3.8, 4) is 5.75 Å². The van der Waals surface area contributed by atoms with Gasteiger partial charge in [-0.25, -0.2) is 0 Å². The summed E-state index contributed by atoms with van der Waals surface area (Å²) in [4.78, 5) is 16.6. The molecule has 150 valence electrons. The summed E-state index contributed by atoms with van der Waals surface area (Å²) in [6, 6.07) is 23.4. The average molecular weight is 390 g/mol. The van der Waals surface area contributed by atoms with Crippen molar-refractivity contribution in [2.75, 3.05) is 39.3 Å². The van der Waals surface area contributed by atoms with Crippen molar-refractivity contribution in [2.45, 2.75) is 6.10 Å². The van der Waals surface area contributed by atoms with Gasteiger partial charge in [-0.3, -0.25) is 9.69 Å². The monoisotopic (exact) mass is 390 g/mol. The van der Waals surface area contributed by atoms with Crippen LogP contribution in [0.5, 0.6) is 5.75 Å². The normalized spacial score (nSPS) is 16.0. The van der Waals surface area contributed by atoms with Gasteiger partial charge < -0.3 is 14.7 Å². The number of hydrogen-bond donors (Lipinski definition) is 1. The summed E-state index contributed by atoms with van der Waals surface area (Å²) in [5.74, 6) is 0.866. The molecule has 3 aromatic carbocycles. The molecule has 0 bridgehead atoms. The van der Waals surface area contributed by atoms with Crippen molar-refractivity contribution >= 4 is 16.7 Å². The van der Waals surface area contributed by atoms with Gasteiger partial charge in [-0.1, -0.05) is 54.6 Å². The van der Waals surface area contributed by atoms with Gasteiger partial charge in [0.25, 0.3) is 5.91 Å². The first-order valence-electron chi connectivity index (χ1n) is 10.1. The molecule has 0 aromatic heterocycles. The third kappa shape index (κ3) is 4.75. The van der Waals surface area contributed by atoms with Gasteiger partial charge in [0.1, 0.15) is 18.5 Å². The second-order valence-corrected chi connectivity index (χ2v) is 7.40. The molecule has 1 amide bonds. The van der Waals surface area contributed by atoms with Crippen LogP contribution in [-0.4, -0.2) is 66.2 Å². The Bertz CT molecular complexity index is 947. The van der Waals surface area contributed by atoms with Crippen LogP contribution in [0.4, 0.5) is 0 Å². The van der Waals surface area contributed by atoms with E-state index in [1.807, 2.05) is 65.6 Å². The van der Waals surface area contributed by atoms with Crippen molar-refractivity contribution in [1.29, 1.82) is 0 Å². The molecule has 29 heavy (non-hydrogen) atoms. The molecule has 1 fully saturated rings. The molecular weight excluding hydrogens is 364 g/mol. The third-order valence-corrected chi connectivity index (χ3v) is 5.33. The largest absolute Gasteiger partial charge is 0.490 e. The van der Waals surface area contributed by atoms with Crippen LogP contribution in [0.25, 0.3) is 10.8 Å². The van der Waals surface area contributed by atoms with E-state index in [4.69, 9.17) is 4.74 Å². The third-order valence-electron chi connectivity index (χ3n) is 5.33. The fourth-order valence-electron chi connectivity index (χ4n) is 3.76. The zero-order valence-electron chi connectivity index (χ0n) is 16.4. The van der Waals surface area contributed by atoms with E-state index < -0.39 is 6.10 Å². The van der Waals surface area contributed by atoms with Crippen LogP contribution < -0.4 is 4.74 Å². The maximum atomic E-state index is 12.5. The highest BCUT2D eigenvalue weighted by Gasteiger charge is 2.23. The first kappa shape index (κ1) is 19.4. The minimum atomic E-state index is -0.578. The molecule has 0 radical (unpaired) electrons. The maximum Gasteiger partial charge on any atom is 0.253 e. The number of piperazine rings is 1. The molecule has 1 saturated heterocycles. The number of rotatable bonds is 6. The van der Waals surface area contributed by atoms with Gasteiger partial charge in [-0.15, -0.1) is 0 Å². The highest BCUT2D eigenvalue weighted by atomic mass is 16.5. The maximum absolute atomic E-state index is 12.5. The van der Waals surface area contributed by atoms with Gasteiger partial charge in [-0.2, -0.15) is 0 Å². The number of carbonyl (C=O) groups excluding carboxylic acids is 1. The minimum absolute atomic E-state index is 0.0742. The minimum Gasteiger partial charge on any atom is -0.490 e. The average Bonchev–Trinajstić information content (AvgIpc) is 2.78. The Kier molecular flexibility index (Phi) is 6.08. The molecular formula is C24H26N2O3. The molecule has 5 heteroatoms. The van der Waals surface area contributed by atoms with E-state index in [0.717, 1.165) is 35.2 Å². The number of hydrogen-bond acceptors (Lipinski definition) is 4. The van der Waals surface area contributed by atoms with Crippen LogP contribution in [0.2, 0.25) is 0 Å². The summed E-state index contributed by atoms with van der Waals surface area (Å²) >= 11 is 0. The molecule has 4 rings (SSSR count). The van der Waals surface area contributed by atoms with Crippen LogP contribution in [0.1, 0.15) is 10.4 Å². The molecule has 3 aromatic rings. The van der Waals surface area contributed by atoms with Gasteiger partial charge in [0.15, 0.2) is 0 Å². The molecule has 0 spiro atoms. The van der Waals surface area contributed by atoms with Gasteiger partial charge in [0, 0.05) is 43.7 Å². The second kappa shape index (κ2) is 9.07. The molecule has 1 heterocycles. The lowest BCUT2D eigenvalue weighted by atomic mass is 10.1. The summed E-state index contributed by atoms with van der Waals surface area (Å²) in [6.07, 6.45) is -0.578. The number of fused-ring (bicyclic) bond motifs is 1. The van der Waals surface area contributed by atoms with Gasteiger partial charge in [0.05, 0.1) is 0 Å². The van der Waals surface area contributed by atoms with E-state index in [2.05, 4.69) is 17.0 Å². The molecule has 5 nitrogen and oxygen atoms in total. The number of β-amino-alcohol motifs (C(OH)–C–C–N with tert-alkyl or cyclic N) is 1. The summed E-state index contributed by atoms with van der Waals surface area (Å²) in [7, 11) is 0. The fourth-order valence-corrected chi connectivity index (χ4v) is 3.76. The molecule has 1 atom stereocenters. The molecule has 1 aliphatic rings. The quantitative estimate of drug-likeness (QED) is 0.703.